The molecule has 1 aliphatic rings. The van der Waals surface area contributed by atoms with Crippen molar-refractivity contribution < 1.29 is 33.4 Å². The average Bonchev–Trinajstić information content (AvgIpc) is 3.77. The molecular weight excluding hydrogens is 810 g/mol. The number of fused-ring (bicyclic) bond motifs is 1. The van der Waals surface area contributed by atoms with E-state index in [0.29, 0.717) is 77.1 Å². The lowest BCUT2D eigenvalue weighted by Crippen LogP contribution is -2.43. The zero-order chi connectivity index (χ0) is 44.4. The van der Waals surface area contributed by atoms with Crippen molar-refractivity contribution in [1.29, 1.82) is 0 Å². The minimum Gasteiger partial charge on any atom is -0.544 e. The zero-order valence-electron chi connectivity index (χ0n) is 37.0. The van der Waals surface area contributed by atoms with Crippen LogP contribution in [0.25, 0.3) is 11.3 Å². The van der Waals surface area contributed by atoms with Crippen molar-refractivity contribution in [2.24, 2.45) is 7.05 Å². The van der Waals surface area contributed by atoms with E-state index >= 15 is 0 Å². The van der Waals surface area contributed by atoms with E-state index in [9.17, 15) is 19.5 Å². The number of aryl methyl sites for hydroxylation is 1. The smallest absolute Gasteiger partial charge is 0.407 e. The molecule has 0 atom stereocenters. The molecule has 0 aliphatic carbocycles. The molecule has 324 valence electrons. The normalized spacial score (nSPS) is 13.1. The predicted octanol–water partition coefficient (Wildman–Crippen LogP) is 11.1. The summed E-state index contributed by atoms with van der Waals surface area (Å²) in [5, 5.41) is 14.6. The van der Waals surface area contributed by atoms with E-state index in [1.165, 1.54) is 4.90 Å². The minimum absolute atomic E-state index is 0.0101. The Kier molecular flexibility index (Phi) is 13.1. The minimum atomic E-state index is -2.12. The van der Waals surface area contributed by atoms with Crippen LogP contribution in [0.4, 0.5) is 16.2 Å². The fraction of sp³-hybridized carbons (Fsp3) is 0.404. The van der Waals surface area contributed by atoms with Crippen molar-refractivity contribution in [3.63, 3.8) is 0 Å². The summed E-state index contributed by atoms with van der Waals surface area (Å²) in [5.74, 6) is 0.783. The predicted molar refractivity (Wildman–Crippen MR) is 242 cm³/mol. The van der Waals surface area contributed by atoms with Gasteiger partial charge in [0.15, 0.2) is 0 Å². The lowest BCUT2D eigenvalue weighted by Gasteiger charge is -2.36. The maximum absolute atomic E-state index is 15.0. The number of carbonyl (C=O) groups excluding carboxylic acids is 2. The quantitative estimate of drug-likeness (QED) is 0.0704. The number of carboxylic acid groups (broad SMARTS) is 1. The van der Waals surface area contributed by atoms with E-state index < -0.39 is 26.0 Å². The number of rotatable bonds is 13. The van der Waals surface area contributed by atoms with Crippen molar-refractivity contribution in [2.45, 2.75) is 105 Å². The van der Waals surface area contributed by atoms with Crippen LogP contribution in [0.2, 0.25) is 23.2 Å². The number of ether oxygens (including phenoxy) is 2. The fourth-order valence-electron chi connectivity index (χ4n) is 7.05. The van der Waals surface area contributed by atoms with Gasteiger partial charge in [-0.1, -0.05) is 44.5 Å². The van der Waals surface area contributed by atoms with Gasteiger partial charge >= 0.3 is 12.1 Å². The van der Waals surface area contributed by atoms with Gasteiger partial charge in [-0.05, 0) is 125 Å². The van der Waals surface area contributed by atoms with E-state index in [1.54, 1.807) is 35.4 Å². The largest absolute Gasteiger partial charge is 0.544 e. The fourth-order valence-corrected chi connectivity index (χ4v) is 8.25. The number of hydrogen-bond acceptors (Lipinski definition) is 7. The van der Waals surface area contributed by atoms with Gasteiger partial charge in [0.05, 0.1) is 29.6 Å². The van der Waals surface area contributed by atoms with Crippen LogP contribution in [0.3, 0.4) is 0 Å². The number of benzene rings is 3. The third-order valence-corrected chi connectivity index (χ3v) is 16.1. The second-order valence-electron chi connectivity index (χ2n) is 18.1. The molecule has 5 aromatic rings. The van der Waals surface area contributed by atoms with Crippen molar-refractivity contribution in [3.05, 3.63) is 112 Å². The lowest BCUT2D eigenvalue weighted by molar-refractivity contribution is 0.00701. The number of aromatic nitrogens is 3. The summed E-state index contributed by atoms with van der Waals surface area (Å²) in [4.78, 5) is 43.0. The Balaban J connectivity index is 1.25. The van der Waals surface area contributed by atoms with Crippen LogP contribution in [0.1, 0.15) is 91.9 Å². The molecule has 0 bridgehead atoms. The van der Waals surface area contributed by atoms with Gasteiger partial charge in [-0.25, -0.2) is 9.59 Å². The molecule has 3 heterocycles. The first-order valence-corrected chi connectivity index (χ1v) is 24.0. The Morgan fingerprint density at radius 2 is 1.66 bits per heavy atom. The first kappa shape index (κ1) is 45.0. The van der Waals surface area contributed by atoms with Gasteiger partial charge in [-0.15, -0.1) is 0 Å². The van der Waals surface area contributed by atoms with Gasteiger partial charge in [0, 0.05) is 66.1 Å². The molecule has 0 radical (unpaired) electrons. The number of carbonyl (C=O) groups is 3. The molecule has 12 nitrogen and oxygen atoms in total. The number of hydrogen-bond donors (Lipinski definition) is 1. The van der Waals surface area contributed by atoms with E-state index in [2.05, 4.69) is 39.0 Å². The summed E-state index contributed by atoms with van der Waals surface area (Å²) in [6.07, 6.45) is 4.81. The van der Waals surface area contributed by atoms with Gasteiger partial charge in [0.2, 0.25) is 8.32 Å². The Labute approximate surface area is 365 Å². The van der Waals surface area contributed by atoms with E-state index in [4.69, 9.17) is 25.5 Å². The van der Waals surface area contributed by atoms with Gasteiger partial charge < -0.3 is 28.5 Å². The van der Waals surface area contributed by atoms with Gasteiger partial charge in [-0.3, -0.25) is 14.4 Å². The molecule has 0 saturated carbocycles. The Hall–Kier alpha value is -5.53. The van der Waals surface area contributed by atoms with Gasteiger partial charge in [-0.2, -0.15) is 5.10 Å². The molecule has 0 saturated heterocycles. The molecule has 3 aromatic carbocycles. The van der Waals surface area contributed by atoms with Crippen LogP contribution in [-0.4, -0.2) is 69.4 Å². The maximum Gasteiger partial charge on any atom is 0.407 e. The van der Waals surface area contributed by atoms with Crippen LogP contribution < -0.4 is 14.1 Å². The molecule has 6 rings (SSSR count). The summed E-state index contributed by atoms with van der Waals surface area (Å²) >= 11 is 6.50. The molecule has 2 amide bonds. The first-order chi connectivity index (χ1) is 28.6. The number of anilines is 2. The molecular formula is C47H58ClN5O7Si. The van der Waals surface area contributed by atoms with E-state index in [1.807, 2.05) is 92.7 Å². The lowest BCUT2D eigenvalue weighted by atomic mass is 9.99. The highest BCUT2D eigenvalue weighted by molar-refractivity contribution is 6.74. The first-order valence-electron chi connectivity index (χ1n) is 20.7. The summed E-state index contributed by atoms with van der Waals surface area (Å²) in [6.45, 7) is 20.2. The SMILES string of the molecule is Cc1c(C(=O)N(c2ccc(O[Si](C)(C)C(C)(C)C)cc2)c2cnn(CCCCOc3cccc4c3CCN(C(=O)O)C4)c2)cc(-c2cc(Cl)ccc2C(=O)OC(C)(C)C)n1C. The van der Waals surface area contributed by atoms with E-state index in [-0.39, 0.29) is 10.9 Å². The van der Waals surface area contributed by atoms with Crippen LogP contribution >= 0.6 is 11.6 Å². The number of esters is 1. The van der Waals surface area contributed by atoms with Crippen LogP contribution in [0.5, 0.6) is 11.5 Å². The molecule has 0 unspecified atom stereocenters. The topological polar surface area (TPSA) is 128 Å². The highest BCUT2D eigenvalue weighted by Crippen LogP contribution is 2.39. The third-order valence-electron chi connectivity index (χ3n) is 11.5. The maximum atomic E-state index is 15.0. The van der Waals surface area contributed by atoms with Crippen molar-refractivity contribution in [2.75, 3.05) is 18.1 Å². The second-order valence-corrected chi connectivity index (χ2v) is 23.3. The summed E-state index contributed by atoms with van der Waals surface area (Å²) in [7, 11) is -0.259. The van der Waals surface area contributed by atoms with Crippen LogP contribution in [0.15, 0.2) is 79.1 Å². The van der Waals surface area contributed by atoms with Crippen molar-refractivity contribution in [1.82, 2.24) is 19.2 Å². The molecule has 1 N–H and O–H groups in total. The number of nitrogens with zero attached hydrogens (tertiary/aromatic N) is 5. The van der Waals surface area contributed by atoms with E-state index in [0.717, 1.165) is 35.5 Å². The highest BCUT2D eigenvalue weighted by atomic mass is 35.5. The number of amides is 2. The van der Waals surface area contributed by atoms with Crippen LogP contribution in [0, 0.1) is 6.92 Å². The number of unbranched alkanes of at least 4 members (excludes halogenated alkanes) is 1. The summed E-state index contributed by atoms with van der Waals surface area (Å²) < 4.78 is 22.2. The average molecular weight is 869 g/mol. The third kappa shape index (κ3) is 10.3. The van der Waals surface area contributed by atoms with Crippen LogP contribution in [-0.2, 0) is 31.3 Å². The Bertz CT molecular complexity index is 2410. The standard InChI is InChI=1S/C47H58ClN5O7Si/c1-31-39(27-41(50(31)8)40-26-33(48)16-21-38(40)44(55)59-46(2,3)4)43(54)53(34-17-19-36(20-18-34)60-61(9,10)47(5,6)7)35-28-49-52(30-35)23-11-12-25-58-42-15-13-14-32-29-51(45(56)57)24-22-37(32)42/h13-21,26-28,30H,11-12,22-25,29H2,1-10H3,(H,56,57). The molecule has 0 spiro atoms. The van der Waals surface area contributed by atoms with Crippen molar-refractivity contribution >= 4 is 49.3 Å². The highest BCUT2D eigenvalue weighted by Gasteiger charge is 2.39. The zero-order valence-corrected chi connectivity index (χ0v) is 38.7. The molecule has 1 aliphatic heterocycles. The van der Waals surface area contributed by atoms with Crippen molar-refractivity contribution in [3.8, 4) is 22.8 Å². The number of halogens is 1. The molecule has 14 heteroatoms. The molecule has 0 fully saturated rings. The summed E-state index contributed by atoms with van der Waals surface area (Å²) in [6, 6.07) is 20.3. The monoisotopic (exact) mass is 867 g/mol. The van der Waals surface area contributed by atoms with Gasteiger partial charge in [0.1, 0.15) is 17.1 Å². The second kappa shape index (κ2) is 17.8. The molecule has 2 aromatic heterocycles. The summed E-state index contributed by atoms with van der Waals surface area (Å²) in [5.41, 5.74) is 5.24. The molecule has 61 heavy (non-hydrogen) atoms. The Morgan fingerprint density at radius 1 is 0.934 bits per heavy atom. The van der Waals surface area contributed by atoms with Gasteiger partial charge in [0.25, 0.3) is 5.91 Å². The Morgan fingerprint density at radius 3 is 2.33 bits per heavy atom.